The number of hydrogen-bond acceptors (Lipinski definition) is 3. The van der Waals surface area contributed by atoms with Crippen molar-refractivity contribution in [2.45, 2.75) is 6.10 Å². The molecule has 1 atom stereocenters. The summed E-state index contributed by atoms with van der Waals surface area (Å²) in [6.07, 6.45) is 2.64. The fourth-order valence-electron chi connectivity index (χ4n) is 1.59. The van der Waals surface area contributed by atoms with Crippen LogP contribution in [-0.4, -0.2) is 21.8 Å². The van der Waals surface area contributed by atoms with Crippen LogP contribution in [0.2, 0.25) is 5.02 Å². The number of ether oxygens (including phenoxy) is 1. The highest BCUT2D eigenvalue weighted by molar-refractivity contribution is 6.32. The highest BCUT2D eigenvalue weighted by Crippen LogP contribution is 2.29. The van der Waals surface area contributed by atoms with Crippen LogP contribution in [0.1, 0.15) is 17.4 Å². The maximum absolute atomic E-state index is 10.1. The van der Waals surface area contributed by atoms with Gasteiger partial charge in [0.2, 0.25) is 0 Å². The van der Waals surface area contributed by atoms with E-state index in [0.29, 0.717) is 22.0 Å². The van der Waals surface area contributed by atoms with E-state index in [9.17, 15) is 5.11 Å². The van der Waals surface area contributed by atoms with Gasteiger partial charge in [-0.15, -0.1) is 0 Å². The summed E-state index contributed by atoms with van der Waals surface area (Å²) in [5.74, 6) is 0.541. The molecule has 17 heavy (non-hydrogen) atoms. The molecule has 0 fully saturated rings. The van der Waals surface area contributed by atoms with Gasteiger partial charge in [-0.25, -0.2) is 4.98 Å². The summed E-state index contributed by atoms with van der Waals surface area (Å²) in [4.78, 5) is 4.11. The Bertz CT molecular complexity index is 525. The molecule has 0 bridgehead atoms. The number of aryl methyl sites for hydroxylation is 1. The average Bonchev–Trinajstić information content (AvgIpc) is 2.75. The summed E-state index contributed by atoms with van der Waals surface area (Å²) in [6.45, 7) is 0. The molecule has 0 saturated heterocycles. The van der Waals surface area contributed by atoms with Crippen LogP contribution in [0.3, 0.4) is 0 Å². The lowest BCUT2D eigenvalue weighted by Gasteiger charge is -2.10. The molecule has 0 saturated carbocycles. The van der Waals surface area contributed by atoms with Crippen LogP contribution in [0, 0.1) is 0 Å². The molecule has 2 rings (SSSR count). The van der Waals surface area contributed by atoms with E-state index in [1.807, 2.05) is 7.05 Å². The molecule has 1 aromatic carbocycles. The minimum Gasteiger partial charge on any atom is -0.495 e. The van der Waals surface area contributed by atoms with Crippen LogP contribution in [-0.2, 0) is 7.05 Å². The lowest BCUT2D eigenvalue weighted by Crippen LogP contribution is -2.00. The molecule has 0 aliphatic carbocycles. The Morgan fingerprint density at radius 2 is 2.24 bits per heavy atom. The number of nitrogens with zero attached hydrogens (tertiary/aromatic N) is 2. The number of imidazole rings is 1. The lowest BCUT2D eigenvalue weighted by atomic mass is 10.1. The fraction of sp³-hybridized carbons (Fsp3) is 0.250. The predicted molar refractivity (Wildman–Crippen MR) is 65.3 cm³/mol. The van der Waals surface area contributed by atoms with Crippen LogP contribution in [0.4, 0.5) is 0 Å². The minimum absolute atomic E-state index is 0.518. The van der Waals surface area contributed by atoms with Crippen molar-refractivity contribution >= 4 is 11.6 Å². The number of halogens is 1. The Labute approximate surface area is 104 Å². The normalized spacial score (nSPS) is 12.5. The van der Waals surface area contributed by atoms with Crippen molar-refractivity contribution in [3.8, 4) is 5.75 Å². The maximum Gasteiger partial charge on any atom is 0.137 e. The summed E-state index contributed by atoms with van der Waals surface area (Å²) in [7, 11) is 3.39. The number of aliphatic hydroxyl groups is 1. The third-order valence-electron chi connectivity index (χ3n) is 2.50. The van der Waals surface area contributed by atoms with Crippen molar-refractivity contribution in [3.63, 3.8) is 0 Å². The third-order valence-corrected chi connectivity index (χ3v) is 2.81. The molecule has 1 heterocycles. The van der Waals surface area contributed by atoms with Crippen LogP contribution >= 0.6 is 11.6 Å². The van der Waals surface area contributed by atoms with Gasteiger partial charge in [-0.1, -0.05) is 17.7 Å². The smallest absolute Gasteiger partial charge is 0.137 e. The molecule has 1 unspecified atom stereocenters. The summed E-state index contributed by atoms with van der Waals surface area (Å²) < 4.78 is 6.89. The van der Waals surface area contributed by atoms with E-state index in [1.54, 1.807) is 35.3 Å². The largest absolute Gasteiger partial charge is 0.495 e. The van der Waals surface area contributed by atoms with E-state index in [0.717, 1.165) is 0 Å². The molecular formula is C12H13ClN2O2. The van der Waals surface area contributed by atoms with Gasteiger partial charge in [0.1, 0.15) is 11.9 Å². The van der Waals surface area contributed by atoms with Crippen LogP contribution in [0.25, 0.3) is 0 Å². The molecule has 90 valence electrons. The van der Waals surface area contributed by atoms with Crippen LogP contribution in [0.5, 0.6) is 5.75 Å². The zero-order valence-electron chi connectivity index (χ0n) is 9.59. The Morgan fingerprint density at radius 1 is 1.47 bits per heavy atom. The Morgan fingerprint density at radius 3 is 2.82 bits per heavy atom. The van der Waals surface area contributed by atoms with Gasteiger partial charge in [-0.3, -0.25) is 0 Å². The van der Waals surface area contributed by atoms with Crippen molar-refractivity contribution in [2.24, 2.45) is 7.05 Å². The van der Waals surface area contributed by atoms with Crippen molar-refractivity contribution in [1.29, 1.82) is 0 Å². The molecule has 1 N–H and O–H groups in total. The molecule has 1 aromatic heterocycles. The topological polar surface area (TPSA) is 47.3 Å². The van der Waals surface area contributed by atoms with Gasteiger partial charge in [-0.2, -0.15) is 0 Å². The Kier molecular flexibility index (Phi) is 3.36. The van der Waals surface area contributed by atoms with Gasteiger partial charge in [0.25, 0.3) is 0 Å². The van der Waals surface area contributed by atoms with E-state index >= 15 is 0 Å². The van der Waals surface area contributed by atoms with Gasteiger partial charge >= 0.3 is 0 Å². The summed E-state index contributed by atoms with van der Waals surface area (Å²) >= 11 is 5.92. The second kappa shape index (κ2) is 4.77. The van der Waals surface area contributed by atoms with E-state index in [4.69, 9.17) is 16.3 Å². The van der Waals surface area contributed by atoms with E-state index in [-0.39, 0.29) is 0 Å². The minimum atomic E-state index is -0.776. The number of aliphatic hydroxyl groups excluding tert-OH is 1. The molecule has 4 nitrogen and oxygen atoms in total. The van der Waals surface area contributed by atoms with E-state index in [1.165, 1.54) is 7.11 Å². The first-order valence-electron chi connectivity index (χ1n) is 5.11. The molecular weight excluding hydrogens is 240 g/mol. The number of benzene rings is 1. The quantitative estimate of drug-likeness (QED) is 0.911. The molecule has 0 aliphatic heterocycles. The second-order valence-electron chi connectivity index (χ2n) is 3.76. The standard InChI is InChI=1S/C12H13ClN2O2/c1-15-6-10(14-7-15)12(16)8-3-4-9(13)11(5-8)17-2/h3-7,12,16H,1-2H3. The monoisotopic (exact) mass is 252 g/mol. The average molecular weight is 253 g/mol. The predicted octanol–water partition coefficient (Wildman–Crippen LogP) is 2.16. The first-order valence-corrected chi connectivity index (χ1v) is 5.49. The fourth-order valence-corrected chi connectivity index (χ4v) is 1.79. The number of hydrogen-bond donors (Lipinski definition) is 1. The highest BCUT2D eigenvalue weighted by Gasteiger charge is 2.14. The zero-order valence-corrected chi connectivity index (χ0v) is 10.3. The molecule has 0 radical (unpaired) electrons. The number of aromatic nitrogens is 2. The molecule has 2 aromatic rings. The summed E-state index contributed by atoms with van der Waals surface area (Å²) in [5.41, 5.74) is 1.29. The second-order valence-corrected chi connectivity index (χ2v) is 4.17. The van der Waals surface area contributed by atoms with Gasteiger partial charge in [0, 0.05) is 13.2 Å². The van der Waals surface area contributed by atoms with E-state index < -0.39 is 6.10 Å². The Balaban J connectivity index is 2.34. The number of methoxy groups -OCH3 is 1. The summed E-state index contributed by atoms with van der Waals surface area (Å²) in [6, 6.07) is 5.16. The highest BCUT2D eigenvalue weighted by atomic mass is 35.5. The molecule has 5 heteroatoms. The first kappa shape index (κ1) is 12.0. The van der Waals surface area contributed by atoms with E-state index in [2.05, 4.69) is 4.98 Å². The molecule has 0 spiro atoms. The molecule has 0 aliphatic rings. The number of rotatable bonds is 3. The van der Waals surface area contributed by atoms with Crippen LogP contribution < -0.4 is 4.74 Å². The maximum atomic E-state index is 10.1. The van der Waals surface area contributed by atoms with Crippen molar-refractivity contribution in [2.75, 3.05) is 7.11 Å². The van der Waals surface area contributed by atoms with Crippen molar-refractivity contribution < 1.29 is 9.84 Å². The van der Waals surface area contributed by atoms with Crippen LogP contribution in [0.15, 0.2) is 30.7 Å². The third kappa shape index (κ3) is 2.43. The van der Waals surface area contributed by atoms with Gasteiger partial charge in [0.05, 0.1) is 24.2 Å². The van der Waals surface area contributed by atoms with Gasteiger partial charge < -0.3 is 14.4 Å². The van der Waals surface area contributed by atoms with Crippen molar-refractivity contribution in [1.82, 2.24) is 9.55 Å². The van der Waals surface area contributed by atoms with Crippen molar-refractivity contribution in [3.05, 3.63) is 47.0 Å². The zero-order chi connectivity index (χ0) is 12.4. The SMILES string of the molecule is COc1cc(C(O)c2cn(C)cn2)ccc1Cl. The summed E-state index contributed by atoms with van der Waals surface area (Å²) in [5, 5.41) is 10.7. The lowest BCUT2D eigenvalue weighted by molar-refractivity contribution is 0.215. The Hall–Kier alpha value is -1.52. The first-order chi connectivity index (χ1) is 8.11. The van der Waals surface area contributed by atoms with Gasteiger partial charge in [-0.05, 0) is 17.7 Å². The molecule has 0 amide bonds. The van der Waals surface area contributed by atoms with Gasteiger partial charge in [0.15, 0.2) is 0 Å².